The highest BCUT2D eigenvalue weighted by Gasteiger charge is 2.35. The molecule has 0 spiro atoms. The molecule has 1 unspecified atom stereocenters. The van der Waals surface area contributed by atoms with Crippen molar-refractivity contribution in [2.24, 2.45) is 11.3 Å². The van der Waals surface area contributed by atoms with E-state index in [1.165, 1.54) is 6.92 Å². The molecule has 8 heteroatoms. The number of carbonyl (C=O) groups is 3. The maximum atomic E-state index is 13.8. The molecule has 1 aromatic heterocycles. The van der Waals surface area contributed by atoms with Gasteiger partial charge in [0.1, 0.15) is 5.75 Å². The van der Waals surface area contributed by atoms with Crippen LogP contribution in [0.25, 0.3) is 10.9 Å². The normalized spacial score (nSPS) is 15.3. The quantitative estimate of drug-likeness (QED) is 0.177. The number of aromatic nitrogens is 1. The lowest BCUT2D eigenvalue weighted by Crippen LogP contribution is -2.41. The third kappa shape index (κ3) is 6.18. The van der Waals surface area contributed by atoms with Crippen LogP contribution in [0.1, 0.15) is 61.8 Å². The molecule has 0 aliphatic carbocycles. The van der Waals surface area contributed by atoms with E-state index in [9.17, 15) is 19.5 Å². The molecule has 0 saturated heterocycles. The van der Waals surface area contributed by atoms with Gasteiger partial charge in [0.2, 0.25) is 0 Å². The number of hydrogen-bond acceptors (Lipinski definition) is 5. The lowest BCUT2D eigenvalue weighted by molar-refractivity contribution is -0.146. The summed E-state index contributed by atoms with van der Waals surface area (Å²) in [5.74, 6) is -0.984. The molecule has 43 heavy (non-hydrogen) atoms. The SMILES string of the molecule is CC(=O)[C@@H](Oc1ccc2c(c1)c(C(=O)C(C)C)c(CC(C)(C)C(=O)O)n2Cc1ccc(Cl)cc1)C1Cc2ccccc2N1. The zero-order valence-electron chi connectivity index (χ0n) is 25.1. The minimum atomic E-state index is -1.12. The van der Waals surface area contributed by atoms with Crippen LogP contribution in [0.15, 0.2) is 66.7 Å². The van der Waals surface area contributed by atoms with E-state index in [0.29, 0.717) is 40.4 Å². The second-order valence-corrected chi connectivity index (χ2v) is 12.8. The van der Waals surface area contributed by atoms with Gasteiger partial charge in [-0.15, -0.1) is 0 Å². The molecule has 5 rings (SSSR count). The van der Waals surface area contributed by atoms with Crippen molar-refractivity contribution in [3.8, 4) is 5.75 Å². The molecule has 2 N–H and O–H groups in total. The van der Waals surface area contributed by atoms with Crippen molar-refractivity contribution < 1.29 is 24.2 Å². The molecular formula is C35H37ClN2O5. The zero-order valence-corrected chi connectivity index (χ0v) is 25.9. The highest BCUT2D eigenvalue weighted by atomic mass is 35.5. The second-order valence-electron chi connectivity index (χ2n) is 12.4. The molecule has 3 aromatic carbocycles. The number of ether oxygens (including phenoxy) is 1. The summed E-state index contributed by atoms with van der Waals surface area (Å²) in [7, 11) is 0. The Bertz CT molecular complexity index is 1680. The predicted molar refractivity (Wildman–Crippen MR) is 169 cm³/mol. The lowest BCUT2D eigenvalue weighted by Gasteiger charge is -2.23. The molecule has 2 heterocycles. The zero-order chi connectivity index (χ0) is 31.1. The molecule has 224 valence electrons. The summed E-state index contributed by atoms with van der Waals surface area (Å²) >= 11 is 6.14. The van der Waals surface area contributed by atoms with Crippen molar-refractivity contribution in [3.05, 3.63) is 94.1 Å². The number of rotatable bonds is 11. The first kappa shape index (κ1) is 30.4. The summed E-state index contributed by atoms with van der Waals surface area (Å²) in [6, 6.07) is 20.7. The Hall–Kier alpha value is -4.10. The molecule has 7 nitrogen and oxygen atoms in total. The van der Waals surface area contributed by atoms with E-state index in [4.69, 9.17) is 16.3 Å². The summed E-state index contributed by atoms with van der Waals surface area (Å²) in [5, 5.41) is 14.7. The van der Waals surface area contributed by atoms with Crippen LogP contribution in [-0.2, 0) is 29.0 Å². The van der Waals surface area contributed by atoms with Crippen LogP contribution < -0.4 is 10.1 Å². The van der Waals surface area contributed by atoms with Crippen molar-refractivity contribution in [1.82, 2.24) is 4.57 Å². The minimum absolute atomic E-state index is 0.0794. The Labute approximate surface area is 256 Å². The number of benzene rings is 3. The smallest absolute Gasteiger partial charge is 0.309 e. The molecular weight excluding hydrogens is 564 g/mol. The summed E-state index contributed by atoms with van der Waals surface area (Å²) in [5.41, 5.74) is 3.89. The monoisotopic (exact) mass is 600 g/mol. The maximum absolute atomic E-state index is 13.8. The number of nitrogens with zero attached hydrogens (tertiary/aromatic N) is 1. The van der Waals surface area contributed by atoms with Crippen LogP contribution in [0.5, 0.6) is 5.75 Å². The van der Waals surface area contributed by atoms with Gasteiger partial charge in [-0.2, -0.15) is 0 Å². The van der Waals surface area contributed by atoms with Gasteiger partial charge in [-0.3, -0.25) is 14.4 Å². The van der Waals surface area contributed by atoms with E-state index in [1.807, 2.05) is 85.1 Å². The number of carboxylic acids is 1. The summed E-state index contributed by atoms with van der Waals surface area (Å²) < 4.78 is 8.40. The van der Waals surface area contributed by atoms with Crippen molar-refractivity contribution >= 4 is 45.7 Å². The number of carbonyl (C=O) groups excluding carboxylic acids is 2. The number of para-hydroxylation sites is 1. The van der Waals surface area contributed by atoms with Crippen molar-refractivity contribution in [1.29, 1.82) is 0 Å². The number of ketones is 2. The van der Waals surface area contributed by atoms with Crippen molar-refractivity contribution in [3.63, 3.8) is 0 Å². The number of anilines is 1. The van der Waals surface area contributed by atoms with E-state index in [0.717, 1.165) is 22.3 Å². The number of fused-ring (bicyclic) bond motifs is 2. The second kappa shape index (κ2) is 11.9. The highest BCUT2D eigenvalue weighted by molar-refractivity contribution is 6.30. The Balaban J connectivity index is 1.62. The Morgan fingerprint density at radius 1 is 1.07 bits per heavy atom. The van der Waals surface area contributed by atoms with Crippen LogP contribution >= 0.6 is 11.6 Å². The number of aliphatic carboxylic acids is 1. The third-order valence-corrected chi connectivity index (χ3v) is 8.43. The van der Waals surface area contributed by atoms with Crippen LogP contribution in [0.2, 0.25) is 5.02 Å². The van der Waals surface area contributed by atoms with E-state index in [2.05, 4.69) is 5.32 Å². The van der Waals surface area contributed by atoms with Crippen molar-refractivity contribution in [2.75, 3.05) is 5.32 Å². The fourth-order valence-corrected chi connectivity index (χ4v) is 5.89. The van der Waals surface area contributed by atoms with Gasteiger partial charge in [-0.25, -0.2) is 0 Å². The molecule has 1 aliphatic rings. The van der Waals surface area contributed by atoms with Crippen LogP contribution in [-0.4, -0.2) is 39.4 Å². The largest absolute Gasteiger partial charge is 0.481 e. The maximum Gasteiger partial charge on any atom is 0.309 e. The van der Waals surface area contributed by atoms with Crippen LogP contribution in [0.3, 0.4) is 0 Å². The molecule has 2 atom stereocenters. The van der Waals surface area contributed by atoms with Gasteiger partial charge >= 0.3 is 5.97 Å². The van der Waals surface area contributed by atoms with Gasteiger partial charge in [0.15, 0.2) is 17.7 Å². The average Bonchev–Trinajstić information content (AvgIpc) is 3.50. The number of Topliss-reactive ketones (excluding diaryl/α,β-unsaturated/α-hetero) is 2. The van der Waals surface area contributed by atoms with Gasteiger partial charge in [0.25, 0.3) is 0 Å². The standard InChI is InChI=1S/C35H37ClN2O5/c1-20(2)32(40)31-26-17-25(43-33(21(3)39)28-16-23-8-6-7-9-27(23)37-28)14-15-29(26)38(19-22-10-12-24(36)13-11-22)30(31)18-35(4,5)34(41)42/h6-15,17,20,28,33,37H,16,18-19H2,1-5H3,(H,41,42)/t28?,33-/m1/s1. The number of nitrogens with one attached hydrogen (secondary N) is 1. The lowest BCUT2D eigenvalue weighted by atomic mass is 9.85. The first-order chi connectivity index (χ1) is 20.4. The topological polar surface area (TPSA) is 97.6 Å². The summed E-state index contributed by atoms with van der Waals surface area (Å²) in [6.45, 7) is 8.96. The first-order valence-corrected chi connectivity index (χ1v) is 14.9. The number of halogens is 1. The van der Waals surface area contributed by atoms with E-state index >= 15 is 0 Å². The van der Waals surface area contributed by atoms with Crippen LogP contribution in [0.4, 0.5) is 5.69 Å². The average molecular weight is 601 g/mol. The Morgan fingerprint density at radius 2 is 1.77 bits per heavy atom. The van der Waals surface area contributed by atoms with Gasteiger partial charge in [0.05, 0.1) is 11.5 Å². The Morgan fingerprint density at radius 3 is 2.40 bits per heavy atom. The molecule has 1 aliphatic heterocycles. The van der Waals surface area contributed by atoms with E-state index < -0.39 is 17.5 Å². The fraction of sp³-hybridized carbons (Fsp3) is 0.343. The number of hydrogen-bond donors (Lipinski definition) is 2. The molecule has 0 saturated carbocycles. The van der Waals surface area contributed by atoms with Gasteiger partial charge < -0.3 is 19.7 Å². The third-order valence-electron chi connectivity index (χ3n) is 8.18. The van der Waals surface area contributed by atoms with Gasteiger partial charge in [0, 0.05) is 51.8 Å². The molecule has 0 bridgehead atoms. The highest BCUT2D eigenvalue weighted by Crippen LogP contribution is 2.37. The molecule has 0 radical (unpaired) electrons. The molecule has 0 amide bonds. The molecule has 0 fully saturated rings. The summed E-state index contributed by atoms with van der Waals surface area (Å²) in [6.07, 6.45) is 0.0660. The van der Waals surface area contributed by atoms with Gasteiger partial charge in [-0.1, -0.05) is 55.8 Å². The van der Waals surface area contributed by atoms with E-state index in [1.54, 1.807) is 13.8 Å². The van der Waals surface area contributed by atoms with Gasteiger partial charge in [-0.05, 0) is 74.7 Å². The summed E-state index contributed by atoms with van der Waals surface area (Å²) in [4.78, 5) is 38.9. The van der Waals surface area contributed by atoms with Crippen molar-refractivity contribution in [2.45, 2.75) is 66.2 Å². The first-order valence-electron chi connectivity index (χ1n) is 14.5. The Kier molecular flexibility index (Phi) is 8.39. The minimum Gasteiger partial charge on any atom is -0.481 e. The molecule has 4 aromatic rings. The van der Waals surface area contributed by atoms with E-state index in [-0.39, 0.29) is 29.9 Å². The number of carboxylic acid groups (broad SMARTS) is 1. The fourth-order valence-electron chi connectivity index (χ4n) is 5.76. The van der Waals surface area contributed by atoms with Crippen LogP contribution in [0, 0.1) is 11.3 Å². The predicted octanol–water partition coefficient (Wildman–Crippen LogP) is 7.21.